The lowest BCUT2D eigenvalue weighted by Crippen LogP contribution is -2.26. The van der Waals surface area contributed by atoms with Gasteiger partial charge in [-0.05, 0) is 42.3 Å². The first-order valence-corrected chi connectivity index (χ1v) is 10.8. The van der Waals surface area contributed by atoms with Gasteiger partial charge >= 0.3 is 0 Å². The van der Waals surface area contributed by atoms with Crippen molar-refractivity contribution in [3.05, 3.63) is 87.3 Å². The molecule has 0 saturated carbocycles. The summed E-state index contributed by atoms with van der Waals surface area (Å²) in [5.41, 5.74) is 2.86. The van der Waals surface area contributed by atoms with Gasteiger partial charge in [-0.3, -0.25) is 9.59 Å². The minimum Gasteiger partial charge on any atom is -0.321 e. The van der Waals surface area contributed by atoms with Gasteiger partial charge in [0.1, 0.15) is 5.69 Å². The quantitative estimate of drug-likeness (QED) is 0.479. The Morgan fingerprint density at radius 2 is 1.87 bits per heavy atom. The molecular formula is C23H22N4O2S. The number of para-hydroxylation sites is 1. The number of nitrogens with zero attached hydrogens (tertiary/aromatic N) is 3. The van der Waals surface area contributed by atoms with Gasteiger partial charge in [0.05, 0.1) is 15.2 Å². The number of carbonyl (C=O) groups excluding carboxylic acids is 1. The van der Waals surface area contributed by atoms with Crippen molar-refractivity contribution in [2.24, 2.45) is 0 Å². The van der Waals surface area contributed by atoms with Crippen LogP contribution in [0.3, 0.4) is 0 Å². The standard InChI is InChI=1S/C23H22N4O2S/c1-2-3-14-27-22(28)13-12-19(26-27)23(29)24-17-10-8-16(9-11-17)15-21-25-18-6-4-5-7-20(18)30-21/h4-13H,2-3,14-15H2,1H3,(H,24,29). The zero-order valence-electron chi connectivity index (χ0n) is 16.7. The Hall–Kier alpha value is -3.32. The van der Waals surface area contributed by atoms with Crippen LogP contribution in [0.4, 0.5) is 5.69 Å². The van der Waals surface area contributed by atoms with Crippen LogP contribution >= 0.6 is 11.3 Å². The minimum absolute atomic E-state index is 0.195. The molecule has 30 heavy (non-hydrogen) atoms. The number of amides is 1. The summed E-state index contributed by atoms with van der Waals surface area (Å²) >= 11 is 1.70. The third-order valence-electron chi connectivity index (χ3n) is 4.73. The number of hydrogen-bond acceptors (Lipinski definition) is 5. The Morgan fingerprint density at radius 3 is 2.63 bits per heavy atom. The minimum atomic E-state index is -0.334. The van der Waals surface area contributed by atoms with Crippen LogP contribution in [0.25, 0.3) is 10.2 Å². The number of anilines is 1. The molecule has 6 nitrogen and oxygen atoms in total. The molecule has 0 bridgehead atoms. The van der Waals surface area contributed by atoms with E-state index >= 15 is 0 Å². The molecule has 7 heteroatoms. The van der Waals surface area contributed by atoms with E-state index in [2.05, 4.69) is 21.5 Å². The highest BCUT2D eigenvalue weighted by Gasteiger charge is 2.11. The molecular weight excluding hydrogens is 396 g/mol. The highest BCUT2D eigenvalue weighted by atomic mass is 32.1. The second kappa shape index (κ2) is 9.00. The molecule has 1 N–H and O–H groups in total. The van der Waals surface area contributed by atoms with Gasteiger partial charge in [-0.2, -0.15) is 5.10 Å². The van der Waals surface area contributed by atoms with E-state index in [-0.39, 0.29) is 17.2 Å². The van der Waals surface area contributed by atoms with Crippen molar-refractivity contribution in [2.45, 2.75) is 32.7 Å². The van der Waals surface area contributed by atoms with E-state index in [0.717, 1.165) is 35.4 Å². The molecule has 0 fully saturated rings. The molecule has 152 valence electrons. The van der Waals surface area contributed by atoms with E-state index in [1.807, 2.05) is 49.4 Å². The molecule has 4 aromatic rings. The molecule has 0 aliphatic rings. The van der Waals surface area contributed by atoms with Crippen molar-refractivity contribution in [3.8, 4) is 0 Å². The fraction of sp³-hybridized carbons (Fsp3) is 0.217. The second-order valence-corrected chi connectivity index (χ2v) is 8.15. The lowest BCUT2D eigenvalue weighted by atomic mass is 10.1. The Labute approximate surface area is 178 Å². The number of aryl methyl sites for hydroxylation is 1. The summed E-state index contributed by atoms with van der Waals surface area (Å²) in [5, 5.41) is 8.09. The summed E-state index contributed by atoms with van der Waals surface area (Å²) in [6, 6.07) is 18.7. The molecule has 0 radical (unpaired) electrons. The second-order valence-electron chi connectivity index (χ2n) is 7.04. The largest absolute Gasteiger partial charge is 0.321 e. The topological polar surface area (TPSA) is 76.9 Å². The Morgan fingerprint density at radius 1 is 1.07 bits per heavy atom. The number of thiazole rings is 1. The predicted molar refractivity (Wildman–Crippen MR) is 120 cm³/mol. The van der Waals surface area contributed by atoms with E-state index in [9.17, 15) is 9.59 Å². The molecule has 0 spiro atoms. The molecule has 0 aliphatic heterocycles. The molecule has 2 heterocycles. The number of carbonyl (C=O) groups is 1. The molecule has 0 aliphatic carbocycles. The Balaban J connectivity index is 1.43. The lowest BCUT2D eigenvalue weighted by molar-refractivity contribution is 0.101. The predicted octanol–water partition coefficient (Wildman–Crippen LogP) is 4.50. The Kier molecular flexibility index (Phi) is 5.99. The maximum atomic E-state index is 12.5. The zero-order valence-corrected chi connectivity index (χ0v) is 17.5. The monoisotopic (exact) mass is 418 g/mol. The summed E-state index contributed by atoms with van der Waals surface area (Å²) in [4.78, 5) is 29.1. The van der Waals surface area contributed by atoms with Crippen molar-refractivity contribution in [1.29, 1.82) is 0 Å². The van der Waals surface area contributed by atoms with E-state index in [1.165, 1.54) is 21.5 Å². The van der Waals surface area contributed by atoms with Gasteiger partial charge in [0.25, 0.3) is 11.5 Å². The van der Waals surface area contributed by atoms with Gasteiger partial charge in [0, 0.05) is 24.7 Å². The number of nitrogens with one attached hydrogen (secondary N) is 1. The number of benzene rings is 2. The van der Waals surface area contributed by atoms with Crippen molar-refractivity contribution in [2.75, 3.05) is 5.32 Å². The maximum Gasteiger partial charge on any atom is 0.276 e. The number of hydrogen-bond donors (Lipinski definition) is 1. The van der Waals surface area contributed by atoms with Crippen LogP contribution in [-0.4, -0.2) is 20.7 Å². The summed E-state index contributed by atoms with van der Waals surface area (Å²) in [6.45, 7) is 2.55. The highest BCUT2D eigenvalue weighted by Crippen LogP contribution is 2.24. The molecule has 0 saturated heterocycles. The summed E-state index contributed by atoms with van der Waals surface area (Å²) in [6.07, 6.45) is 2.54. The first-order chi connectivity index (χ1) is 14.6. The van der Waals surface area contributed by atoms with Crippen molar-refractivity contribution in [1.82, 2.24) is 14.8 Å². The smallest absolute Gasteiger partial charge is 0.276 e. The van der Waals surface area contributed by atoms with Crippen LogP contribution in [0.1, 0.15) is 40.8 Å². The summed E-state index contributed by atoms with van der Waals surface area (Å²) in [5.74, 6) is -0.334. The number of fused-ring (bicyclic) bond motifs is 1. The summed E-state index contributed by atoms with van der Waals surface area (Å²) in [7, 11) is 0. The maximum absolute atomic E-state index is 12.5. The van der Waals surface area contributed by atoms with E-state index in [4.69, 9.17) is 0 Å². The Bertz CT molecular complexity index is 1190. The zero-order chi connectivity index (χ0) is 20.9. The lowest BCUT2D eigenvalue weighted by Gasteiger charge is -2.08. The van der Waals surface area contributed by atoms with Gasteiger partial charge in [0.15, 0.2) is 0 Å². The first-order valence-electron chi connectivity index (χ1n) is 9.95. The normalized spacial score (nSPS) is 11.0. The molecule has 2 aromatic carbocycles. The third kappa shape index (κ3) is 4.63. The van der Waals surface area contributed by atoms with Gasteiger partial charge < -0.3 is 5.32 Å². The van der Waals surface area contributed by atoms with Crippen molar-refractivity contribution in [3.63, 3.8) is 0 Å². The molecule has 4 rings (SSSR count). The van der Waals surface area contributed by atoms with E-state index < -0.39 is 0 Å². The molecule has 1 amide bonds. The van der Waals surface area contributed by atoms with Crippen LogP contribution in [0.5, 0.6) is 0 Å². The molecule has 0 atom stereocenters. The SMILES string of the molecule is CCCCn1nc(C(=O)Nc2ccc(Cc3nc4ccccc4s3)cc2)ccc1=O. The third-order valence-corrected chi connectivity index (χ3v) is 5.76. The van der Waals surface area contributed by atoms with Gasteiger partial charge in [-0.1, -0.05) is 37.6 Å². The first kappa shape index (κ1) is 20.0. The van der Waals surface area contributed by atoms with Crippen LogP contribution in [-0.2, 0) is 13.0 Å². The van der Waals surface area contributed by atoms with Gasteiger partial charge in [-0.15, -0.1) is 11.3 Å². The van der Waals surface area contributed by atoms with Crippen LogP contribution in [0.15, 0.2) is 65.5 Å². The van der Waals surface area contributed by atoms with Crippen LogP contribution in [0.2, 0.25) is 0 Å². The van der Waals surface area contributed by atoms with Crippen molar-refractivity contribution < 1.29 is 4.79 Å². The van der Waals surface area contributed by atoms with E-state index in [0.29, 0.717) is 12.2 Å². The highest BCUT2D eigenvalue weighted by molar-refractivity contribution is 7.18. The average Bonchev–Trinajstić information content (AvgIpc) is 3.17. The summed E-state index contributed by atoms with van der Waals surface area (Å²) < 4.78 is 2.53. The van der Waals surface area contributed by atoms with E-state index in [1.54, 1.807) is 11.3 Å². The van der Waals surface area contributed by atoms with Crippen LogP contribution in [0, 0.1) is 0 Å². The van der Waals surface area contributed by atoms with Gasteiger partial charge in [-0.25, -0.2) is 9.67 Å². The number of aromatic nitrogens is 3. The van der Waals surface area contributed by atoms with Crippen LogP contribution < -0.4 is 10.9 Å². The number of rotatable bonds is 7. The average molecular weight is 419 g/mol. The molecule has 2 aromatic heterocycles. The fourth-order valence-corrected chi connectivity index (χ4v) is 4.11. The molecule has 0 unspecified atom stereocenters. The number of unbranched alkanes of at least 4 members (excludes halogenated alkanes) is 1. The van der Waals surface area contributed by atoms with Crippen molar-refractivity contribution >= 4 is 33.1 Å². The fourth-order valence-electron chi connectivity index (χ4n) is 3.11. The van der Waals surface area contributed by atoms with Gasteiger partial charge in [0.2, 0.25) is 0 Å².